The van der Waals surface area contributed by atoms with E-state index >= 15 is 0 Å². The first kappa shape index (κ1) is 16.6. The molecule has 0 spiro atoms. The van der Waals surface area contributed by atoms with Crippen molar-refractivity contribution in [2.75, 3.05) is 19.3 Å². The molecule has 0 atom stereocenters. The first-order valence-corrected chi connectivity index (χ1v) is 9.95. The molecule has 1 aromatic heterocycles. The molecule has 0 saturated carbocycles. The van der Waals surface area contributed by atoms with Gasteiger partial charge in [-0.3, -0.25) is 0 Å². The van der Waals surface area contributed by atoms with Crippen LogP contribution in [0.1, 0.15) is 4.88 Å². The van der Waals surface area contributed by atoms with Crippen LogP contribution in [0.3, 0.4) is 0 Å². The lowest BCUT2D eigenvalue weighted by Crippen LogP contribution is -2.30. The van der Waals surface area contributed by atoms with Gasteiger partial charge in [-0.1, -0.05) is 34.1 Å². The standard InChI is InChI=1S/C14H17BrN2O2S2/c1-21(18,19)17-9-8-16-10-11-6-7-14(20-11)12-4-2-3-5-13(12)15/h2-7,16-17H,8-10H2,1H3. The molecule has 114 valence electrons. The van der Waals surface area contributed by atoms with Crippen molar-refractivity contribution in [3.8, 4) is 10.4 Å². The number of hydrogen-bond acceptors (Lipinski definition) is 4. The summed E-state index contributed by atoms with van der Waals surface area (Å²) in [6.07, 6.45) is 1.16. The Morgan fingerprint density at radius 1 is 1.14 bits per heavy atom. The van der Waals surface area contributed by atoms with Gasteiger partial charge >= 0.3 is 0 Å². The lowest BCUT2D eigenvalue weighted by molar-refractivity contribution is 0.582. The quantitative estimate of drug-likeness (QED) is 0.716. The van der Waals surface area contributed by atoms with Gasteiger partial charge in [0.15, 0.2) is 0 Å². The third-order valence-electron chi connectivity index (χ3n) is 2.77. The Morgan fingerprint density at radius 3 is 2.62 bits per heavy atom. The summed E-state index contributed by atoms with van der Waals surface area (Å²) in [7, 11) is -3.10. The van der Waals surface area contributed by atoms with Crippen LogP contribution in [-0.4, -0.2) is 27.8 Å². The fourth-order valence-electron chi connectivity index (χ4n) is 1.82. The highest BCUT2D eigenvalue weighted by Crippen LogP contribution is 2.33. The minimum atomic E-state index is -3.10. The minimum absolute atomic E-state index is 0.404. The van der Waals surface area contributed by atoms with Crippen molar-refractivity contribution in [1.29, 1.82) is 0 Å². The summed E-state index contributed by atoms with van der Waals surface area (Å²) in [5.41, 5.74) is 1.19. The van der Waals surface area contributed by atoms with E-state index in [1.807, 2.05) is 18.2 Å². The zero-order chi connectivity index (χ0) is 15.3. The fraction of sp³-hybridized carbons (Fsp3) is 0.286. The molecule has 0 radical (unpaired) electrons. The van der Waals surface area contributed by atoms with Gasteiger partial charge in [0.1, 0.15) is 0 Å². The molecule has 2 N–H and O–H groups in total. The minimum Gasteiger partial charge on any atom is -0.311 e. The molecule has 1 aromatic carbocycles. The number of nitrogens with one attached hydrogen (secondary N) is 2. The van der Waals surface area contributed by atoms with Crippen molar-refractivity contribution < 1.29 is 8.42 Å². The summed E-state index contributed by atoms with van der Waals surface area (Å²) in [4.78, 5) is 2.44. The third-order valence-corrected chi connectivity index (χ3v) is 5.30. The molecule has 4 nitrogen and oxygen atoms in total. The first-order chi connectivity index (χ1) is 9.96. The predicted molar refractivity (Wildman–Crippen MR) is 92.0 cm³/mol. The van der Waals surface area contributed by atoms with Gasteiger partial charge in [0.05, 0.1) is 6.26 Å². The molecule has 0 aliphatic heterocycles. The maximum atomic E-state index is 10.9. The Bertz CT molecular complexity index is 699. The van der Waals surface area contributed by atoms with E-state index < -0.39 is 10.0 Å². The van der Waals surface area contributed by atoms with Gasteiger partial charge < -0.3 is 5.32 Å². The van der Waals surface area contributed by atoms with Gasteiger partial charge in [-0.25, -0.2) is 13.1 Å². The monoisotopic (exact) mass is 388 g/mol. The summed E-state index contributed by atoms with van der Waals surface area (Å²) in [6, 6.07) is 12.3. The van der Waals surface area contributed by atoms with Gasteiger partial charge in [0.2, 0.25) is 10.0 Å². The summed E-state index contributed by atoms with van der Waals surface area (Å²) in [5, 5.41) is 3.23. The molecule has 0 saturated heterocycles. The topological polar surface area (TPSA) is 58.2 Å². The van der Waals surface area contributed by atoms with Crippen molar-refractivity contribution in [3.05, 3.63) is 45.7 Å². The van der Waals surface area contributed by atoms with E-state index in [0.717, 1.165) is 17.3 Å². The van der Waals surface area contributed by atoms with Gasteiger partial charge in [0, 0.05) is 39.4 Å². The van der Waals surface area contributed by atoms with E-state index in [1.54, 1.807) is 11.3 Å². The second-order valence-electron chi connectivity index (χ2n) is 4.59. The molecule has 0 unspecified atom stereocenters. The van der Waals surface area contributed by atoms with E-state index in [0.29, 0.717) is 13.1 Å². The van der Waals surface area contributed by atoms with Gasteiger partial charge in [-0.2, -0.15) is 0 Å². The fourth-order valence-corrected chi connectivity index (χ4v) is 3.93. The van der Waals surface area contributed by atoms with Gasteiger partial charge in [-0.15, -0.1) is 11.3 Å². The highest BCUT2D eigenvalue weighted by Gasteiger charge is 2.06. The van der Waals surface area contributed by atoms with Crippen LogP contribution >= 0.6 is 27.3 Å². The van der Waals surface area contributed by atoms with Crippen LogP contribution in [0.25, 0.3) is 10.4 Å². The first-order valence-electron chi connectivity index (χ1n) is 6.45. The normalized spacial score (nSPS) is 11.7. The Balaban J connectivity index is 1.85. The number of halogens is 1. The number of sulfonamides is 1. The van der Waals surface area contributed by atoms with Crippen molar-refractivity contribution in [2.45, 2.75) is 6.54 Å². The molecule has 0 fully saturated rings. The summed E-state index contributed by atoms with van der Waals surface area (Å²) in [6.45, 7) is 1.75. The van der Waals surface area contributed by atoms with Crippen LogP contribution in [0.2, 0.25) is 0 Å². The lowest BCUT2D eigenvalue weighted by atomic mass is 10.2. The molecule has 0 bridgehead atoms. The maximum absolute atomic E-state index is 10.9. The van der Waals surface area contributed by atoms with Crippen LogP contribution in [0.5, 0.6) is 0 Å². The SMILES string of the molecule is CS(=O)(=O)NCCNCc1ccc(-c2ccccc2Br)s1. The van der Waals surface area contributed by atoms with Gasteiger partial charge in [0.25, 0.3) is 0 Å². The summed E-state index contributed by atoms with van der Waals surface area (Å²) >= 11 is 5.29. The highest BCUT2D eigenvalue weighted by atomic mass is 79.9. The second kappa shape index (κ2) is 7.51. The van der Waals surface area contributed by atoms with E-state index in [-0.39, 0.29) is 0 Å². The molecule has 0 amide bonds. The molecule has 0 aliphatic carbocycles. The van der Waals surface area contributed by atoms with Crippen molar-refractivity contribution in [1.82, 2.24) is 10.0 Å². The number of thiophene rings is 1. The lowest BCUT2D eigenvalue weighted by Gasteiger charge is -2.04. The van der Waals surface area contributed by atoms with Crippen LogP contribution in [-0.2, 0) is 16.6 Å². The smallest absolute Gasteiger partial charge is 0.208 e. The van der Waals surface area contributed by atoms with E-state index in [1.165, 1.54) is 15.3 Å². The number of benzene rings is 1. The van der Waals surface area contributed by atoms with Crippen molar-refractivity contribution in [3.63, 3.8) is 0 Å². The zero-order valence-corrected chi connectivity index (χ0v) is 14.8. The number of hydrogen-bond donors (Lipinski definition) is 2. The third kappa shape index (κ3) is 5.52. The molecule has 1 heterocycles. The second-order valence-corrected chi connectivity index (χ2v) is 8.44. The Hall–Kier alpha value is -0.730. The number of rotatable bonds is 7. The molecule has 0 aliphatic rings. The van der Waals surface area contributed by atoms with Crippen LogP contribution < -0.4 is 10.0 Å². The maximum Gasteiger partial charge on any atom is 0.208 e. The molecular weight excluding hydrogens is 372 g/mol. The molecule has 21 heavy (non-hydrogen) atoms. The average molecular weight is 389 g/mol. The highest BCUT2D eigenvalue weighted by molar-refractivity contribution is 9.10. The van der Waals surface area contributed by atoms with Crippen LogP contribution in [0, 0.1) is 0 Å². The average Bonchev–Trinajstić information content (AvgIpc) is 2.86. The molecule has 2 aromatic rings. The Labute approximate surface area is 137 Å². The Morgan fingerprint density at radius 2 is 1.90 bits per heavy atom. The van der Waals surface area contributed by atoms with Crippen molar-refractivity contribution >= 4 is 37.3 Å². The van der Waals surface area contributed by atoms with E-state index in [2.05, 4.69) is 44.2 Å². The van der Waals surface area contributed by atoms with Crippen LogP contribution in [0.4, 0.5) is 0 Å². The van der Waals surface area contributed by atoms with Crippen molar-refractivity contribution in [2.24, 2.45) is 0 Å². The molecule has 2 rings (SSSR count). The summed E-state index contributed by atoms with van der Waals surface area (Å²) in [5.74, 6) is 0. The van der Waals surface area contributed by atoms with E-state index in [9.17, 15) is 8.42 Å². The molecular formula is C14H17BrN2O2S2. The largest absolute Gasteiger partial charge is 0.311 e. The van der Waals surface area contributed by atoms with E-state index in [4.69, 9.17) is 0 Å². The van der Waals surface area contributed by atoms with Crippen LogP contribution in [0.15, 0.2) is 40.9 Å². The summed E-state index contributed by atoms with van der Waals surface area (Å²) < 4.78 is 25.4. The zero-order valence-electron chi connectivity index (χ0n) is 11.6. The van der Waals surface area contributed by atoms with Gasteiger partial charge in [-0.05, 0) is 18.2 Å². The predicted octanol–water partition coefficient (Wildman–Crippen LogP) is 2.82. The Kier molecular flexibility index (Phi) is 5.95. The molecule has 7 heteroatoms.